The number of rotatable bonds is 5. The molecule has 1 amide bonds. The smallest absolute Gasteiger partial charge is 0.258 e. The van der Waals surface area contributed by atoms with Gasteiger partial charge in [-0.2, -0.15) is 0 Å². The zero-order valence-electron chi connectivity index (χ0n) is 18.3. The number of hydrogen-bond donors (Lipinski definition) is 1. The van der Waals surface area contributed by atoms with Gasteiger partial charge in [-0.05, 0) is 36.9 Å². The van der Waals surface area contributed by atoms with E-state index in [9.17, 15) is 9.59 Å². The highest BCUT2D eigenvalue weighted by atomic mass is 16.5. The van der Waals surface area contributed by atoms with Crippen molar-refractivity contribution < 1.29 is 9.53 Å². The predicted molar refractivity (Wildman–Crippen MR) is 127 cm³/mol. The standard InChI is InChI=1S/C26H24N4O3/c1-29(15-24-27-20-12-6-5-11-19(20)26(32)28-24)16-25(31)30-21-13-7-8-14-23(21)33-17-22(30)18-9-3-2-4-10-18/h2-14,22H,15-17H2,1H3,(H,27,28,32). The van der Waals surface area contributed by atoms with Crippen LogP contribution >= 0.6 is 0 Å². The molecule has 4 aromatic rings. The Morgan fingerprint density at radius 1 is 1.06 bits per heavy atom. The van der Waals surface area contributed by atoms with Crippen LogP contribution in [0.15, 0.2) is 83.7 Å². The molecule has 166 valence electrons. The number of H-pyrrole nitrogens is 1. The molecule has 1 atom stereocenters. The van der Waals surface area contributed by atoms with Gasteiger partial charge in [-0.25, -0.2) is 4.98 Å². The van der Waals surface area contributed by atoms with Crippen LogP contribution in [-0.2, 0) is 11.3 Å². The molecule has 0 bridgehead atoms. The molecular formula is C26H24N4O3. The summed E-state index contributed by atoms with van der Waals surface area (Å²) in [4.78, 5) is 37.0. The fourth-order valence-corrected chi connectivity index (χ4v) is 4.25. The van der Waals surface area contributed by atoms with Crippen molar-refractivity contribution in [2.24, 2.45) is 0 Å². The van der Waals surface area contributed by atoms with Crippen molar-refractivity contribution in [2.45, 2.75) is 12.6 Å². The van der Waals surface area contributed by atoms with Crippen molar-refractivity contribution in [3.8, 4) is 5.75 Å². The molecule has 1 aliphatic heterocycles. The summed E-state index contributed by atoms with van der Waals surface area (Å²) < 4.78 is 5.97. The van der Waals surface area contributed by atoms with Crippen molar-refractivity contribution in [1.29, 1.82) is 0 Å². The third-order valence-electron chi connectivity index (χ3n) is 5.77. The Balaban J connectivity index is 1.39. The van der Waals surface area contributed by atoms with Crippen LogP contribution in [0.5, 0.6) is 5.75 Å². The Bertz CT molecular complexity index is 1350. The number of benzene rings is 3. The zero-order valence-corrected chi connectivity index (χ0v) is 18.3. The summed E-state index contributed by atoms with van der Waals surface area (Å²) in [6.45, 7) is 0.887. The molecule has 1 aromatic heterocycles. The molecule has 0 fully saturated rings. The lowest BCUT2D eigenvalue weighted by molar-refractivity contribution is -0.120. The van der Waals surface area contributed by atoms with Crippen molar-refractivity contribution in [3.05, 3.63) is 101 Å². The van der Waals surface area contributed by atoms with Crippen molar-refractivity contribution in [1.82, 2.24) is 14.9 Å². The van der Waals surface area contributed by atoms with Crippen LogP contribution in [0.25, 0.3) is 10.9 Å². The number of ether oxygens (including phenoxy) is 1. The summed E-state index contributed by atoms with van der Waals surface area (Å²) in [6, 6.07) is 24.5. The molecule has 1 N–H and O–H groups in total. The van der Waals surface area contributed by atoms with Gasteiger partial charge in [0.05, 0.1) is 35.7 Å². The normalized spacial score (nSPS) is 15.3. The fraction of sp³-hybridized carbons (Fsp3) is 0.192. The van der Waals surface area contributed by atoms with Gasteiger partial charge in [-0.15, -0.1) is 0 Å². The molecule has 3 aromatic carbocycles. The minimum atomic E-state index is -0.222. The Hall–Kier alpha value is -3.97. The molecule has 1 aliphatic rings. The first-order valence-corrected chi connectivity index (χ1v) is 10.9. The van der Waals surface area contributed by atoms with Gasteiger partial charge in [-0.1, -0.05) is 54.6 Å². The molecule has 0 saturated carbocycles. The third kappa shape index (κ3) is 4.23. The minimum Gasteiger partial charge on any atom is -0.489 e. The largest absolute Gasteiger partial charge is 0.489 e. The van der Waals surface area contributed by atoms with Gasteiger partial charge in [0.2, 0.25) is 5.91 Å². The number of carbonyl (C=O) groups is 1. The van der Waals surface area contributed by atoms with E-state index in [0.717, 1.165) is 11.3 Å². The van der Waals surface area contributed by atoms with Crippen LogP contribution in [0.3, 0.4) is 0 Å². The van der Waals surface area contributed by atoms with E-state index >= 15 is 0 Å². The number of nitrogens with zero attached hydrogens (tertiary/aromatic N) is 3. The quantitative estimate of drug-likeness (QED) is 0.514. The van der Waals surface area contributed by atoms with E-state index in [1.807, 2.05) is 89.6 Å². The number of anilines is 1. The average molecular weight is 441 g/mol. The first-order valence-electron chi connectivity index (χ1n) is 10.9. The summed E-state index contributed by atoms with van der Waals surface area (Å²) in [5, 5.41) is 0.551. The van der Waals surface area contributed by atoms with Crippen LogP contribution in [0.2, 0.25) is 0 Å². The first kappa shape index (κ1) is 20.9. The van der Waals surface area contributed by atoms with Crippen LogP contribution in [0.4, 0.5) is 5.69 Å². The number of aromatic amines is 1. The van der Waals surface area contributed by atoms with E-state index in [4.69, 9.17) is 4.74 Å². The summed E-state index contributed by atoms with van der Waals surface area (Å²) in [5.41, 5.74) is 2.24. The van der Waals surface area contributed by atoms with Crippen molar-refractivity contribution in [3.63, 3.8) is 0 Å². The number of amides is 1. The van der Waals surface area contributed by atoms with E-state index in [-0.39, 0.29) is 24.1 Å². The minimum absolute atomic E-state index is 0.0507. The molecular weight excluding hydrogens is 416 g/mol. The Labute approximate surface area is 191 Å². The van der Waals surface area contributed by atoms with E-state index in [1.54, 1.807) is 6.07 Å². The summed E-state index contributed by atoms with van der Waals surface area (Å²) in [5.74, 6) is 1.17. The molecule has 0 saturated heterocycles. The lowest BCUT2D eigenvalue weighted by Crippen LogP contribution is -2.45. The summed E-state index contributed by atoms with van der Waals surface area (Å²) >= 11 is 0. The Morgan fingerprint density at radius 2 is 1.79 bits per heavy atom. The van der Waals surface area contributed by atoms with Gasteiger partial charge in [0.25, 0.3) is 5.56 Å². The van der Waals surface area contributed by atoms with E-state index in [1.165, 1.54) is 0 Å². The molecule has 7 heteroatoms. The lowest BCUT2D eigenvalue weighted by atomic mass is 10.0. The second kappa shape index (κ2) is 8.88. The van der Waals surface area contributed by atoms with Gasteiger partial charge in [0, 0.05) is 0 Å². The summed E-state index contributed by atoms with van der Waals surface area (Å²) in [6.07, 6.45) is 0. The maximum absolute atomic E-state index is 13.6. The molecule has 1 unspecified atom stereocenters. The van der Waals surface area contributed by atoms with E-state index in [2.05, 4.69) is 9.97 Å². The second-order valence-corrected chi connectivity index (χ2v) is 8.17. The lowest BCUT2D eigenvalue weighted by Gasteiger charge is -2.38. The van der Waals surface area contributed by atoms with Crippen LogP contribution in [-0.4, -0.2) is 41.0 Å². The topological polar surface area (TPSA) is 78.5 Å². The van der Waals surface area contributed by atoms with E-state index in [0.29, 0.717) is 35.6 Å². The number of carbonyl (C=O) groups excluding carboxylic acids is 1. The number of para-hydroxylation sites is 3. The molecule has 0 radical (unpaired) electrons. The molecule has 5 rings (SSSR count). The monoisotopic (exact) mass is 440 g/mol. The summed E-state index contributed by atoms with van der Waals surface area (Å²) in [7, 11) is 1.84. The average Bonchev–Trinajstić information content (AvgIpc) is 2.83. The third-order valence-corrected chi connectivity index (χ3v) is 5.77. The number of likely N-dealkylation sites (N-methyl/N-ethyl adjacent to an activating group) is 1. The van der Waals surface area contributed by atoms with Gasteiger partial charge in [0.15, 0.2) is 0 Å². The van der Waals surface area contributed by atoms with Crippen LogP contribution in [0.1, 0.15) is 17.4 Å². The predicted octanol–water partition coefficient (Wildman–Crippen LogP) is 3.52. The van der Waals surface area contributed by atoms with Crippen LogP contribution < -0.4 is 15.2 Å². The molecule has 33 heavy (non-hydrogen) atoms. The first-order chi connectivity index (χ1) is 16.1. The fourth-order valence-electron chi connectivity index (χ4n) is 4.25. The van der Waals surface area contributed by atoms with Gasteiger partial charge >= 0.3 is 0 Å². The second-order valence-electron chi connectivity index (χ2n) is 8.17. The van der Waals surface area contributed by atoms with Crippen molar-refractivity contribution in [2.75, 3.05) is 25.1 Å². The molecule has 0 aliphatic carbocycles. The Morgan fingerprint density at radius 3 is 2.64 bits per heavy atom. The maximum atomic E-state index is 13.6. The number of aromatic nitrogens is 2. The highest BCUT2D eigenvalue weighted by Crippen LogP contribution is 2.39. The SMILES string of the molecule is CN(CC(=O)N1c2ccccc2OCC1c1ccccc1)Cc1nc2ccccc2c(=O)[nH]1. The number of hydrogen-bond acceptors (Lipinski definition) is 5. The van der Waals surface area contributed by atoms with Crippen LogP contribution in [0, 0.1) is 0 Å². The van der Waals surface area contributed by atoms with Crippen molar-refractivity contribution >= 4 is 22.5 Å². The number of nitrogens with one attached hydrogen (secondary N) is 1. The molecule has 2 heterocycles. The van der Waals surface area contributed by atoms with Gasteiger partial charge in [0.1, 0.15) is 18.2 Å². The zero-order chi connectivity index (χ0) is 22.8. The van der Waals surface area contributed by atoms with E-state index < -0.39 is 0 Å². The Kier molecular flexibility index (Phi) is 5.62. The molecule has 7 nitrogen and oxygen atoms in total. The number of fused-ring (bicyclic) bond motifs is 2. The maximum Gasteiger partial charge on any atom is 0.258 e. The molecule has 0 spiro atoms. The van der Waals surface area contributed by atoms with Gasteiger partial charge < -0.3 is 9.72 Å². The highest BCUT2D eigenvalue weighted by Gasteiger charge is 2.33. The highest BCUT2D eigenvalue weighted by molar-refractivity contribution is 5.97. The van der Waals surface area contributed by atoms with Gasteiger partial charge in [-0.3, -0.25) is 19.4 Å².